The Morgan fingerprint density at radius 3 is 2.35 bits per heavy atom. The highest BCUT2D eigenvalue weighted by molar-refractivity contribution is 6.05. The number of carbonyl (C=O) groups excluding carboxylic acids is 1. The van der Waals surface area contributed by atoms with Crippen molar-refractivity contribution < 1.29 is 4.79 Å². The number of allylic oxidation sites excluding steroid dienone is 1. The predicted molar refractivity (Wildman–Crippen MR) is 69.4 cm³/mol. The van der Waals surface area contributed by atoms with Crippen LogP contribution in [0.5, 0.6) is 0 Å². The van der Waals surface area contributed by atoms with Gasteiger partial charge in [-0.1, -0.05) is 44.2 Å². The monoisotopic (exact) mass is 226 g/mol. The zero-order valence-electron chi connectivity index (χ0n) is 10.4. The molecule has 0 spiro atoms. The summed E-state index contributed by atoms with van der Waals surface area (Å²) in [4.78, 5) is 12.3. The lowest BCUT2D eigenvalue weighted by molar-refractivity contribution is -0.119. The van der Waals surface area contributed by atoms with Crippen molar-refractivity contribution in [2.75, 3.05) is 0 Å². The van der Waals surface area contributed by atoms with E-state index in [9.17, 15) is 4.79 Å². The van der Waals surface area contributed by atoms with Gasteiger partial charge in [0.1, 0.15) is 0 Å². The molecule has 1 aromatic carbocycles. The van der Waals surface area contributed by atoms with E-state index in [1.165, 1.54) is 6.42 Å². The summed E-state index contributed by atoms with van der Waals surface area (Å²) < 4.78 is 0. The van der Waals surface area contributed by atoms with E-state index >= 15 is 0 Å². The molecule has 2 saturated carbocycles. The lowest BCUT2D eigenvalue weighted by Gasteiger charge is -2.22. The fraction of sp³-hybridized carbons (Fsp3) is 0.438. The van der Waals surface area contributed by atoms with Crippen molar-refractivity contribution in [3.63, 3.8) is 0 Å². The van der Waals surface area contributed by atoms with Crippen LogP contribution in [-0.2, 0) is 4.79 Å². The molecule has 17 heavy (non-hydrogen) atoms. The molecule has 1 nitrogen and oxygen atoms in total. The number of benzene rings is 1. The Morgan fingerprint density at radius 1 is 1.12 bits per heavy atom. The summed E-state index contributed by atoms with van der Waals surface area (Å²) in [7, 11) is 0. The molecule has 1 heteroatoms. The Labute approximate surface area is 103 Å². The van der Waals surface area contributed by atoms with E-state index in [1.807, 2.05) is 18.2 Å². The summed E-state index contributed by atoms with van der Waals surface area (Å²) in [6, 6.07) is 10.2. The third-order valence-electron chi connectivity index (χ3n) is 4.64. The minimum atomic E-state index is 0.178. The Hall–Kier alpha value is -1.37. The maximum Gasteiger partial charge on any atom is 0.162 e. The molecule has 2 aliphatic rings. The summed E-state index contributed by atoms with van der Waals surface area (Å²) in [5, 5.41) is 0. The first-order chi connectivity index (χ1) is 8.10. The Balaban J connectivity index is 2.01. The summed E-state index contributed by atoms with van der Waals surface area (Å²) in [6.07, 6.45) is 4.37. The first-order valence-corrected chi connectivity index (χ1v) is 6.41. The molecular weight excluding hydrogens is 208 g/mol. The van der Waals surface area contributed by atoms with Crippen LogP contribution in [0, 0.1) is 17.3 Å². The molecule has 88 valence electrons. The van der Waals surface area contributed by atoms with E-state index in [0.29, 0.717) is 11.7 Å². The normalized spacial score (nSPS) is 32.4. The predicted octanol–water partition coefficient (Wildman–Crippen LogP) is 3.71. The zero-order valence-corrected chi connectivity index (χ0v) is 10.4. The number of hydrogen-bond donors (Lipinski definition) is 0. The number of hydrogen-bond acceptors (Lipinski definition) is 1. The molecule has 0 radical (unpaired) electrons. The molecule has 2 unspecified atom stereocenters. The van der Waals surface area contributed by atoms with Gasteiger partial charge < -0.3 is 0 Å². The van der Waals surface area contributed by atoms with Gasteiger partial charge in [-0.05, 0) is 41.4 Å². The summed E-state index contributed by atoms with van der Waals surface area (Å²) in [5.74, 6) is 1.14. The first kappa shape index (κ1) is 10.8. The molecule has 2 bridgehead atoms. The largest absolute Gasteiger partial charge is 0.294 e. The zero-order chi connectivity index (χ0) is 12.0. The van der Waals surface area contributed by atoms with Crippen LogP contribution in [-0.4, -0.2) is 5.78 Å². The van der Waals surface area contributed by atoms with Crippen LogP contribution >= 0.6 is 0 Å². The number of ketones is 1. The van der Waals surface area contributed by atoms with Crippen LogP contribution in [0.3, 0.4) is 0 Å². The Morgan fingerprint density at radius 2 is 1.76 bits per heavy atom. The first-order valence-electron chi connectivity index (χ1n) is 6.41. The lowest BCUT2D eigenvalue weighted by Crippen LogP contribution is -2.19. The summed E-state index contributed by atoms with van der Waals surface area (Å²) >= 11 is 0. The molecule has 0 aromatic heterocycles. The summed E-state index contributed by atoms with van der Waals surface area (Å²) in [5.41, 5.74) is 2.40. The van der Waals surface area contributed by atoms with Crippen molar-refractivity contribution in [3.05, 3.63) is 41.5 Å². The second-order valence-corrected chi connectivity index (χ2v) is 5.88. The summed E-state index contributed by atoms with van der Waals surface area (Å²) in [6.45, 7) is 4.50. The van der Waals surface area contributed by atoms with Gasteiger partial charge in [-0.2, -0.15) is 0 Å². The van der Waals surface area contributed by atoms with E-state index in [0.717, 1.165) is 17.6 Å². The van der Waals surface area contributed by atoms with Gasteiger partial charge >= 0.3 is 0 Å². The van der Waals surface area contributed by atoms with E-state index < -0.39 is 0 Å². The molecule has 1 aromatic rings. The van der Waals surface area contributed by atoms with Crippen molar-refractivity contribution in [1.29, 1.82) is 0 Å². The molecular formula is C16H18O. The smallest absolute Gasteiger partial charge is 0.162 e. The van der Waals surface area contributed by atoms with Crippen LogP contribution < -0.4 is 0 Å². The van der Waals surface area contributed by atoms with Gasteiger partial charge in [0.2, 0.25) is 0 Å². The van der Waals surface area contributed by atoms with Crippen LogP contribution in [0.25, 0.3) is 6.08 Å². The van der Waals surface area contributed by atoms with E-state index in [4.69, 9.17) is 0 Å². The molecule has 0 heterocycles. The molecule has 3 rings (SSSR count). The highest BCUT2D eigenvalue weighted by atomic mass is 16.1. The number of fused-ring (bicyclic) bond motifs is 2. The fourth-order valence-corrected chi connectivity index (χ4v) is 3.62. The van der Waals surface area contributed by atoms with Crippen molar-refractivity contribution in [2.24, 2.45) is 17.3 Å². The third-order valence-corrected chi connectivity index (χ3v) is 4.64. The van der Waals surface area contributed by atoms with E-state index in [1.54, 1.807) is 0 Å². The molecule has 0 saturated heterocycles. The van der Waals surface area contributed by atoms with Crippen molar-refractivity contribution >= 4 is 11.9 Å². The SMILES string of the molecule is CC1(C)C2CCC1C(=Cc1ccccc1)C2=O. The number of carbonyl (C=O) groups is 1. The van der Waals surface area contributed by atoms with Crippen LogP contribution in [0.2, 0.25) is 0 Å². The van der Waals surface area contributed by atoms with E-state index in [2.05, 4.69) is 32.1 Å². The van der Waals surface area contributed by atoms with Gasteiger partial charge in [0, 0.05) is 5.92 Å². The fourth-order valence-electron chi connectivity index (χ4n) is 3.62. The Kier molecular flexibility index (Phi) is 2.25. The lowest BCUT2D eigenvalue weighted by atomic mass is 9.81. The van der Waals surface area contributed by atoms with Crippen LogP contribution in [0.1, 0.15) is 32.3 Å². The molecule has 2 aliphatic carbocycles. The second-order valence-electron chi connectivity index (χ2n) is 5.88. The minimum absolute atomic E-state index is 0.178. The highest BCUT2D eigenvalue weighted by Gasteiger charge is 2.55. The number of rotatable bonds is 1. The topological polar surface area (TPSA) is 17.1 Å². The van der Waals surface area contributed by atoms with Gasteiger partial charge in [0.05, 0.1) is 0 Å². The van der Waals surface area contributed by atoms with Crippen LogP contribution in [0.15, 0.2) is 35.9 Å². The standard InChI is InChI=1S/C16H18O/c1-16(2)13-8-9-14(16)15(17)12(13)10-11-6-4-3-5-7-11/h3-7,10,13-14H,8-9H2,1-2H3. The van der Waals surface area contributed by atoms with Gasteiger partial charge in [0.15, 0.2) is 5.78 Å². The number of Topliss-reactive ketones (excluding diaryl/α,β-unsaturated/α-hetero) is 1. The average molecular weight is 226 g/mol. The maximum atomic E-state index is 12.3. The van der Waals surface area contributed by atoms with Gasteiger partial charge in [-0.15, -0.1) is 0 Å². The molecule has 2 atom stereocenters. The quantitative estimate of drug-likeness (QED) is 0.667. The van der Waals surface area contributed by atoms with Gasteiger partial charge in [-0.25, -0.2) is 0 Å². The Bertz CT molecular complexity index is 482. The van der Waals surface area contributed by atoms with Crippen molar-refractivity contribution in [3.8, 4) is 0 Å². The second kappa shape index (κ2) is 3.56. The maximum absolute atomic E-state index is 12.3. The van der Waals surface area contributed by atoms with Gasteiger partial charge in [0.25, 0.3) is 0 Å². The third kappa shape index (κ3) is 1.49. The molecule has 0 amide bonds. The highest BCUT2D eigenvalue weighted by Crippen LogP contribution is 2.58. The van der Waals surface area contributed by atoms with Crippen molar-refractivity contribution in [2.45, 2.75) is 26.7 Å². The van der Waals surface area contributed by atoms with Crippen LogP contribution in [0.4, 0.5) is 0 Å². The molecule has 2 fully saturated rings. The van der Waals surface area contributed by atoms with Crippen molar-refractivity contribution in [1.82, 2.24) is 0 Å². The van der Waals surface area contributed by atoms with Gasteiger partial charge in [-0.3, -0.25) is 4.79 Å². The average Bonchev–Trinajstić information content (AvgIpc) is 2.69. The van der Waals surface area contributed by atoms with E-state index in [-0.39, 0.29) is 11.3 Å². The minimum Gasteiger partial charge on any atom is -0.294 e. The molecule has 0 aliphatic heterocycles. The molecule has 0 N–H and O–H groups in total.